The first-order chi connectivity index (χ1) is 8.20. The van der Waals surface area contributed by atoms with Gasteiger partial charge in [0.2, 0.25) is 0 Å². The zero-order valence-corrected chi connectivity index (χ0v) is 9.13. The van der Waals surface area contributed by atoms with Crippen LogP contribution in [0.1, 0.15) is 23.5 Å². The predicted octanol–water partition coefficient (Wildman–Crippen LogP) is 1.06. The lowest BCUT2D eigenvalue weighted by Gasteiger charge is -2.15. The molecule has 3 heteroatoms. The molecule has 0 saturated carbocycles. The molecule has 0 heterocycles. The second kappa shape index (κ2) is 4.78. The van der Waals surface area contributed by atoms with Gasteiger partial charge in [0.25, 0.3) is 0 Å². The fraction of sp³-hybridized carbons (Fsp3) is 0.143. The van der Waals surface area contributed by atoms with Gasteiger partial charge in [-0.2, -0.15) is 0 Å². The summed E-state index contributed by atoms with van der Waals surface area (Å²) in [7, 11) is 0. The van der Waals surface area contributed by atoms with Crippen molar-refractivity contribution in [2.75, 3.05) is 0 Å². The summed E-state index contributed by atoms with van der Waals surface area (Å²) in [6.45, 7) is 0. The van der Waals surface area contributed by atoms with Crippen LogP contribution in [0.15, 0.2) is 42.0 Å². The number of carbonyl (C=O) groups excluding carboxylic acids is 2. The Morgan fingerprint density at radius 1 is 1.29 bits per heavy atom. The van der Waals surface area contributed by atoms with E-state index < -0.39 is 5.97 Å². The summed E-state index contributed by atoms with van der Waals surface area (Å²) < 4.78 is 0. The highest BCUT2D eigenvalue weighted by Gasteiger charge is 2.15. The molecule has 86 valence electrons. The zero-order chi connectivity index (χ0) is 12.3. The Bertz CT molecular complexity index is 512. The molecule has 0 N–H and O–H groups in total. The average Bonchev–Trinajstić information content (AvgIpc) is 2.49. The molecule has 0 saturated heterocycles. The minimum absolute atomic E-state index is 0.115. The molecule has 1 aliphatic carbocycles. The Morgan fingerprint density at radius 2 is 2.06 bits per heavy atom. The van der Waals surface area contributed by atoms with E-state index >= 15 is 0 Å². The van der Waals surface area contributed by atoms with Gasteiger partial charge >= 0.3 is 0 Å². The molecular weight excluding hydrogens is 216 g/mol. The largest absolute Gasteiger partial charge is 0.550 e. The average molecular weight is 227 g/mol. The van der Waals surface area contributed by atoms with E-state index in [2.05, 4.69) is 0 Å². The van der Waals surface area contributed by atoms with Gasteiger partial charge in [-0.25, -0.2) is 0 Å². The third-order valence-corrected chi connectivity index (χ3v) is 2.77. The molecule has 17 heavy (non-hydrogen) atoms. The Morgan fingerprint density at radius 3 is 2.76 bits per heavy atom. The third kappa shape index (κ3) is 2.50. The maximum Gasteiger partial charge on any atom is 0.149 e. The van der Waals surface area contributed by atoms with Crippen molar-refractivity contribution in [3.63, 3.8) is 0 Å². The lowest BCUT2D eigenvalue weighted by molar-refractivity contribution is -0.305. The van der Waals surface area contributed by atoms with Gasteiger partial charge in [-0.15, -0.1) is 0 Å². The topological polar surface area (TPSA) is 57.2 Å². The Labute approximate surface area is 99.1 Å². The number of fused-ring (bicyclic) bond motifs is 1. The van der Waals surface area contributed by atoms with Crippen molar-refractivity contribution in [3.05, 3.63) is 53.1 Å². The molecule has 0 bridgehead atoms. The van der Waals surface area contributed by atoms with Gasteiger partial charge in [-0.05, 0) is 17.5 Å². The van der Waals surface area contributed by atoms with Crippen LogP contribution in [-0.2, 0) is 9.59 Å². The number of allylic oxidation sites excluding steroid dienone is 3. The van der Waals surface area contributed by atoms with Crippen LogP contribution in [0.5, 0.6) is 0 Å². The number of hydrogen-bond donors (Lipinski definition) is 0. The van der Waals surface area contributed by atoms with Crippen molar-refractivity contribution in [2.24, 2.45) is 0 Å². The summed E-state index contributed by atoms with van der Waals surface area (Å²) in [6, 6.07) is 7.51. The summed E-state index contributed by atoms with van der Waals surface area (Å²) >= 11 is 0. The van der Waals surface area contributed by atoms with Crippen LogP contribution >= 0.6 is 0 Å². The van der Waals surface area contributed by atoms with E-state index in [1.165, 1.54) is 0 Å². The summed E-state index contributed by atoms with van der Waals surface area (Å²) in [5.41, 5.74) is 2.34. The highest BCUT2D eigenvalue weighted by molar-refractivity contribution is 5.82. The fourth-order valence-corrected chi connectivity index (χ4v) is 1.99. The van der Waals surface area contributed by atoms with Crippen LogP contribution in [0.4, 0.5) is 0 Å². The van der Waals surface area contributed by atoms with E-state index in [0.717, 1.165) is 17.4 Å². The van der Waals surface area contributed by atoms with Gasteiger partial charge in [0, 0.05) is 17.5 Å². The second-order valence-corrected chi connectivity index (χ2v) is 3.93. The molecule has 0 aromatic heterocycles. The van der Waals surface area contributed by atoms with Crippen molar-refractivity contribution in [1.29, 1.82) is 0 Å². The second-order valence-electron chi connectivity index (χ2n) is 3.93. The number of aliphatic carboxylic acids is 1. The standard InChI is InChI=1S/C14H12O3/c15-9-10-5-6-11-3-1-2-4-13(11)12(7-10)8-14(16)17/h1-7,9,12H,8H2,(H,16,17)/p-1. The van der Waals surface area contributed by atoms with E-state index in [4.69, 9.17) is 0 Å². The third-order valence-electron chi connectivity index (χ3n) is 2.77. The molecule has 0 radical (unpaired) electrons. The quantitative estimate of drug-likeness (QED) is 0.725. The van der Waals surface area contributed by atoms with Crippen molar-refractivity contribution in [2.45, 2.75) is 12.3 Å². The first-order valence-corrected chi connectivity index (χ1v) is 5.34. The predicted molar refractivity (Wildman–Crippen MR) is 62.0 cm³/mol. The monoisotopic (exact) mass is 227 g/mol. The molecule has 0 fully saturated rings. The summed E-state index contributed by atoms with van der Waals surface area (Å²) in [5, 5.41) is 10.7. The maximum absolute atomic E-state index is 10.8. The Balaban J connectivity index is 2.47. The smallest absolute Gasteiger partial charge is 0.149 e. The number of rotatable bonds is 3. The fourth-order valence-electron chi connectivity index (χ4n) is 1.99. The van der Waals surface area contributed by atoms with Crippen LogP contribution in [0.25, 0.3) is 6.08 Å². The van der Waals surface area contributed by atoms with Gasteiger partial charge < -0.3 is 9.90 Å². The number of carboxylic acid groups (broad SMARTS) is 1. The van der Waals surface area contributed by atoms with Gasteiger partial charge in [-0.3, -0.25) is 4.79 Å². The number of benzene rings is 1. The van der Waals surface area contributed by atoms with Gasteiger partial charge in [-0.1, -0.05) is 42.5 Å². The minimum Gasteiger partial charge on any atom is -0.550 e. The van der Waals surface area contributed by atoms with E-state index in [-0.39, 0.29) is 12.3 Å². The Kier molecular flexibility index (Phi) is 3.19. The maximum atomic E-state index is 10.8. The van der Waals surface area contributed by atoms with Crippen LogP contribution < -0.4 is 5.11 Å². The molecule has 1 unspecified atom stereocenters. The summed E-state index contributed by atoms with van der Waals surface area (Å²) in [5.74, 6) is -1.43. The lowest BCUT2D eigenvalue weighted by Crippen LogP contribution is -2.24. The first kappa shape index (κ1) is 11.3. The molecular formula is C14H11O3-. The van der Waals surface area contributed by atoms with E-state index in [1.807, 2.05) is 30.3 Å². The van der Waals surface area contributed by atoms with Gasteiger partial charge in [0.15, 0.2) is 0 Å². The SMILES string of the molecule is O=CC1=CC(CC(=O)[O-])c2ccccc2C=C1. The van der Waals surface area contributed by atoms with Crippen LogP contribution in [0, 0.1) is 0 Å². The molecule has 3 nitrogen and oxygen atoms in total. The minimum atomic E-state index is -1.12. The number of carbonyl (C=O) groups is 2. The van der Waals surface area contributed by atoms with E-state index in [1.54, 1.807) is 12.2 Å². The van der Waals surface area contributed by atoms with E-state index in [0.29, 0.717) is 5.57 Å². The van der Waals surface area contributed by atoms with Gasteiger partial charge in [0.1, 0.15) is 6.29 Å². The number of hydrogen-bond acceptors (Lipinski definition) is 3. The molecule has 0 aliphatic heterocycles. The molecule has 1 atom stereocenters. The summed E-state index contributed by atoms with van der Waals surface area (Å²) in [6.07, 6.45) is 5.80. The van der Waals surface area contributed by atoms with Crippen LogP contribution in [0.3, 0.4) is 0 Å². The highest BCUT2D eigenvalue weighted by atomic mass is 16.4. The molecule has 2 rings (SSSR count). The number of aldehydes is 1. The van der Waals surface area contributed by atoms with Crippen molar-refractivity contribution >= 4 is 18.3 Å². The van der Waals surface area contributed by atoms with Crippen LogP contribution in [-0.4, -0.2) is 12.3 Å². The van der Waals surface area contributed by atoms with Crippen molar-refractivity contribution < 1.29 is 14.7 Å². The van der Waals surface area contributed by atoms with E-state index in [9.17, 15) is 14.7 Å². The molecule has 1 aromatic carbocycles. The highest BCUT2D eigenvalue weighted by Crippen LogP contribution is 2.29. The Hall–Kier alpha value is -2.16. The molecule has 0 amide bonds. The van der Waals surface area contributed by atoms with Crippen molar-refractivity contribution in [1.82, 2.24) is 0 Å². The van der Waals surface area contributed by atoms with Crippen LogP contribution in [0.2, 0.25) is 0 Å². The first-order valence-electron chi connectivity index (χ1n) is 5.34. The zero-order valence-electron chi connectivity index (χ0n) is 9.13. The lowest BCUT2D eigenvalue weighted by atomic mass is 9.92. The molecule has 0 spiro atoms. The van der Waals surface area contributed by atoms with Crippen molar-refractivity contribution in [3.8, 4) is 0 Å². The normalized spacial score (nSPS) is 17.9. The van der Waals surface area contributed by atoms with Gasteiger partial charge in [0.05, 0.1) is 0 Å². The molecule has 1 aliphatic rings. The summed E-state index contributed by atoms with van der Waals surface area (Å²) in [4.78, 5) is 21.5. The number of carboxylic acids is 1. The molecule has 1 aromatic rings.